The van der Waals surface area contributed by atoms with E-state index in [2.05, 4.69) is 20.5 Å². The van der Waals surface area contributed by atoms with E-state index in [0.717, 1.165) is 12.1 Å². The Morgan fingerprint density at radius 1 is 1.13 bits per heavy atom. The molecule has 31 heavy (non-hydrogen) atoms. The molecule has 2 heterocycles. The van der Waals surface area contributed by atoms with E-state index in [9.17, 15) is 23.1 Å². The number of rotatable bonds is 9. The molecular weight excluding hydrogens is 415 g/mol. The molecule has 11 heteroatoms. The monoisotopic (exact) mass is 435 g/mol. The van der Waals surface area contributed by atoms with Gasteiger partial charge in [0, 0.05) is 19.5 Å². The second-order valence-electron chi connectivity index (χ2n) is 6.80. The van der Waals surface area contributed by atoms with Crippen molar-refractivity contribution in [1.82, 2.24) is 25.1 Å². The number of carbonyl (C=O) groups is 1. The molecule has 0 saturated heterocycles. The van der Waals surface area contributed by atoms with Crippen molar-refractivity contribution < 1.29 is 28.2 Å². The van der Waals surface area contributed by atoms with Gasteiger partial charge in [0.15, 0.2) is 0 Å². The van der Waals surface area contributed by atoms with Crippen LogP contribution in [0.25, 0.3) is 0 Å². The Labute approximate surface area is 175 Å². The largest absolute Gasteiger partial charge is 0.478 e. The van der Waals surface area contributed by atoms with Crippen LogP contribution in [0.2, 0.25) is 0 Å². The van der Waals surface area contributed by atoms with Gasteiger partial charge in [-0.2, -0.15) is 13.2 Å². The van der Waals surface area contributed by atoms with E-state index in [1.54, 1.807) is 4.57 Å². The predicted molar refractivity (Wildman–Crippen MR) is 103 cm³/mol. The second kappa shape index (κ2) is 9.67. The first kappa shape index (κ1) is 22.4. The van der Waals surface area contributed by atoms with Crippen LogP contribution < -0.4 is 5.32 Å². The van der Waals surface area contributed by atoms with E-state index in [1.165, 1.54) is 30.6 Å². The summed E-state index contributed by atoms with van der Waals surface area (Å²) in [6.07, 6.45) is -2.37. The van der Waals surface area contributed by atoms with Gasteiger partial charge >= 0.3 is 12.1 Å². The van der Waals surface area contributed by atoms with Crippen molar-refractivity contribution in [3.63, 3.8) is 0 Å². The number of aromatic nitrogens is 4. The molecule has 2 aromatic heterocycles. The molecule has 0 fully saturated rings. The van der Waals surface area contributed by atoms with E-state index in [1.807, 2.05) is 0 Å². The second-order valence-corrected chi connectivity index (χ2v) is 6.80. The van der Waals surface area contributed by atoms with Gasteiger partial charge in [-0.05, 0) is 29.8 Å². The van der Waals surface area contributed by atoms with Crippen molar-refractivity contribution in [1.29, 1.82) is 0 Å². The lowest BCUT2D eigenvalue weighted by Gasteiger charge is -2.10. The number of alkyl halides is 3. The van der Waals surface area contributed by atoms with E-state index in [4.69, 9.17) is 5.11 Å². The molecule has 1 aromatic carbocycles. The van der Waals surface area contributed by atoms with Crippen molar-refractivity contribution in [2.45, 2.75) is 32.3 Å². The Kier molecular flexibility index (Phi) is 6.98. The molecule has 164 valence electrons. The molecule has 3 rings (SSSR count). The molecule has 0 atom stereocenters. The summed E-state index contributed by atoms with van der Waals surface area (Å²) in [6, 6.07) is 7.67. The number of aliphatic hydroxyl groups excluding tert-OH is 1. The lowest BCUT2D eigenvalue weighted by Crippen LogP contribution is -2.20. The zero-order valence-electron chi connectivity index (χ0n) is 16.3. The van der Waals surface area contributed by atoms with Gasteiger partial charge in [0.05, 0.1) is 35.7 Å². The van der Waals surface area contributed by atoms with E-state index >= 15 is 0 Å². The standard InChI is InChI=1S/C20H20F3N5O3/c21-20(22,23)15-3-1-13(2-4-15)10-28-12-25-27-18(28)5-6-24-9-16-7-14(19(30)31)8-17(11-29)26-16/h1-4,7-8,12,24,29H,5-6,9-11H2,(H,30,31). The molecule has 3 N–H and O–H groups in total. The van der Waals surface area contributed by atoms with Gasteiger partial charge in [-0.25, -0.2) is 4.79 Å². The Bertz CT molecular complexity index is 1040. The molecule has 0 radical (unpaired) electrons. The highest BCUT2D eigenvalue weighted by atomic mass is 19.4. The Morgan fingerprint density at radius 2 is 1.84 bits per heavy atom. The topological polar surface area (TPSA) is 113 Å². The Morgan fingerprint density at radius 3 is 2.48 bits per heavy atom. The van der Waals surface area contributed by atoms with Crippen molar-refractivity contribution >= 4 is 5.97 Å². The van der Waals surface area contributed by atoms with Gasteiger partial charge in [-0.3, -0.25) is 4.98 Å². The molecule has 0 aliphatic carbocycles. The molecule has 3 aromatic rings. The van der Waals surface area contributed by atoms with Crippen LogP contribution >= 0.6 is 0 Å². The van der Waals surface area contributed by atoms with Crippen LogP contribution in [-0.4, -0.2) is 42.5 Å². The number of hydrogen-bond acceptors (Lipinski definition) is 6. The van der Waals surface area contributed by atoms with E-state index in [0.29, 0.717) is 43.1 Å². The van der Waals surface area contributed by atoms with Crippen LogP contribution in [-0.2, 0) is 32.3 Å². The maximum atomic E-state index is 12.7. The average molecular weight is 435 g/mol. The van der Waals surface area contributed by atoms with E-state index in [-0.39, 0.29) is 17.9 Å². The highest BCUT2D eigenvalue weighted by molar-refractivity contribution is 5.87. The first-order chi connectivity index (χ1) is 14.8. The quantitative estimate of drug-likeness (QED) is 0.442. The molecule has 0 saturated carbocycles. The maximum Gasteiger partial charge on any atom is 0.416 e. The molecule has 8 nitrogen and oxygen atoms in total. The van der Waals surface area contributed by atoms with Gasteiger partial charge < -0.3 is 20.1 Å². The first-order valence-corrected chi connectivity index (χ1v) is 9.34. The summed E-state index contributed by atoms with van der Waals surface area (Å²) in [5.74, 6) is -0.453. The SMILES string of the molecule is O=C(O)c1cc(CO)nc(CNCCc2nncn2Cc2ccc(C(F)(F)F)cc2)c1. The minimum Gasteiger partial charge on any atom is -0.478 e. The molecule has 0 aliphatic rings. The Hall–Kier alpha value is -3.31. The molecule has 0 unspecified atom stereocenters. The van der Waals surface area contributed by atoms with Gasteiger partial charge in [0.25, 0.3) is 0 Å². The molecule has 0 bridgehead atoms. The fourth-order valence-corrected chi connectivity index (χ4v) is 2.96. The third-order valence-corrected chi connectivity index (χ3v) is 4.50. The molecule has 0 spiro atoms. The summed E-state index contributed by atoms with van der Waals surface area (Å²) in [5, 5.41) is 29.4. The van der Waals surface area contributed by atoms with Crippen molar-refractivity contribution in [2.24, 2.45) is 0 Å². The number of nitrogens with one attached hydrogen (secondary N) is 1. The van der Waals surface area contributed by atoms with Crippen molar-refractivity contribution in [2.75, 3.05) is 6.54 Å². The highest BCUT2D eigenvalue weighted by Gasteiger charge is 2.29. The predicted octanol–water partition coefficient (Wildman–Crippen LogP) is 2.26. The van der Waals surface area contributed by atoms with Crippen molar-refractivity contribution in [3.05, 3.63) is 76.6 Å². The van der Waals surface area contributed by atoms with E-state index < -0.39 is 17.7 Å². The fourth-order valence-electron chi connectivity index (χ4n) is 2.96. The van der Waals surface area contributed by atoms with Crippen LogP contribution in [0.4, 0.5) is 13.2 Å². The molecule has 0 aliphatic heterocycles. The first-order valence-electron chi connectivity index (χ1n) is 9.34. The average Bonchev–Trinajstić information content (AvgIpc) is 3.17. The summed E-state index contributed by atoms with van der Waals surface area (Å²) in [7, 11) is 0. The van der Waals surface area contributed by atoms with Crippen LogP contribution in [0.1, 0.15) is 38.7 Å². The third kappa shape index (κ3) is 6.09. The minimum absolute atomic E-state index is 0.0483. The molecular formula is C20H20F3N5O3. The number of aliphatic hydroxyl groups is 1. The van der Waals surface area contributed by atoms with Gasteiger partial charge in [-0.15, -0.1) is 10.2 Å². The van der Waals surface area contributed by atoms with Crippen LogP contribution in [0.15, 0.2) is 42.7 Å². The minimum atomic E-state index is -4.37. The maximum absolute atomic E-state index is 12.7. The number of nitrogens with zero attached hydrogens (tertiary/aromatic N) is 4. The highest BCUT2D eigenvalue weighted by Crippen LogP contribution is 2.29. The summed E-state index contributed by atoms with van der Waals surface area (Å²) < 4.78 is 39.8. The third-order valence-electron chi connectivity index (χ3n) is 4.50. The van der Waals surface area contributed by atoms with Crippen LogP contribution in [0, 0.1) is 0 Å². The number of hydrogen-bond donors (Lipinski definition) is 3. The lowest BCUT2D eigenvalue weighted by molar-refractivity contribution is -0.137. The summed E-state index contributed by atoms with van der Waals surface area (Å²) in [6.45, 7) is 0.754. The summed E-state index contributed by atoms with van der Waals surface area (Å²) in [5.41, 5.74) is 0.790. The number of benzene rings is 1. The fraction of sp³-hybridized carbons (Fsp3) is 0.300. The number of pyridine rings is 1. The van der Waals surface area contributed by atoms with Gasteiger partial charge in [0.1, 0.15) is 12.2 Å². The summed E-state index contributed by atoms with van der Waals surface area (Å²) in [4.78, 5) is 15.3. The van der Waals surface area contributed by atoms with Crippen LogP contribution in [0.5, 0.6) is 0 Å². The van der Waals surface area contributed by atoms with Crippen LogP contribution in [0.3, 0.4) is 0 Å². The number of halogens is 3. The van der Waals surface area contributed by atoms with Gasteiger partial charge in [0.2, 0.25) is 0 Å². The number of carboxylic acid groups (broad SMARTS) is 1. The number of carboxylic acids is 1. The normalized spacial score (nSPS) is 11.6. The zero-order chi connectivity index (χ0) is 22.4. The Balaban J connectivity index is 1.56. The van der Waals surface area contributed by atoms with Gasteiger partial charge in [-0.1, -0.05) is 12.1 Å². The number of aromatic carboxylic acids is 1. The van der Waals surface area contributed by atoms with Crippen molar-refractivity contribution in [3.8, 4) is 0 Å². The summed E-state index contributed by atoms with van der Waals surface area (Å²) >= 11 is 0. The smallest absolute Gasteiger partial charge is 0.416 e. The lowest BCUT2D eigenvalue weighted by atomic mass is 10.1. The zero-order valence-corrected chi connectivity index (χ0v) is 16.3. The molecule has 0 amide bonds.